The number of rotatable bonds is 5. The summed E-state index contributed by atoms with van der Waals surface area (Å²) in [7, 11) is 0. The van der Waals surface area contributed by atoms with Gasteiger partial charge in [0.05, 0.1) is 12.5 Å². The van der Waals surface area contributed by atoms with E-state index in [1.165, 1.54) is 17.2 Å². The number of cyclic esters (lactones) is 1. The summed E-state index contributed by atoms with van der Waals surface area (Å²) in [5.74, 6) is -0.389. The van der Waals surface area contributed by atoms with Crippen LogP contribution in [0.25, 0.3) is 0 Å². The van der Waals surface area contributed by atoms with Gasteiger partial charge in [0, 0.05) is 0 Å². The number of ether oxygens (including phenoxy) is 3. The predicted molar refractivity (Wildman–Crippen MR) is 81.7 cm³/mol. The molecule has 6 heteroatoms. The van der Waals surface area contributed by atoms with Crippen LogP contribution in [0.3, 0.4) is 0 Å². The molecule has 1 N–H and O–H groups in total. The number of hydrogen-bond acceptors (Lipinski definition) is 5. The maximum Gasteiger partial charge on any atom is 0.407 e. The van der Waals surface area contributed by atoms with Crippen molar-refractivity contribution >= 4 is 12.1 Å². The number of esters is 1. The first-order valence-corrected chi connectivity index (χ1v) is 7.61. The van der Waals surface area contributed by atoms with E-state index in [4.69, 9.17) is 14.2 Å². The van der Waals surface area contributed by atoms with Gasteiger partial charge in [0.2, 0.25) is 6.29 Å². The molecule has 0 bridgehead atoms. The quantitative estimate of drug-likeness (QED) is 0.661. The summed E-state index contributed by atoms with van der Waals surface area (Å²) in [6.07, 6.45) is 1.65. The van der Waals surface area contributed by atoms with Crippen LogP contribution in [0.5, 0.6) is 0 Å². The molecule has 0 spiro atoms. The van der Waals surface area contributed by atoms with Gasteiger partial charge in [-0.05, 0) is 24.0 Å². The summed E-state index contributed by atoms with van der Waals surface area (Å²) in [5, 5.41) is 2.61. The lowest BCUT2D eigenvalue weighted by Gasteiger charge is -2.22. The van der Waals surface area contributed by atoms with Crippen LogP contribution in [-0.4, -0.2) is 37.1 Å². The van der Waals surface area contributed by atoms with Crippen molar-refractivity contribution in [3.63, 3.8) is 0 Å². The number of amides is 1. The standard InChI is InChI=1S/C17H19NO5/c1-2-7-21-17(20)18-14-10-15(19)23-16(14)22-13-8-11-5-3-4-6-12(11)9-13/h2-6,13-14,16H,1,7-10H2,(H,18,20)/t14-,16+/m0/s1. The van der Waals surface area contributed by atoms with Crippen molar-refractivity contribution in [2.75, 3.05) is 6.61 Å². The lowest BCUT2D eigenvalue weighted by molar-refractivity contribution is -0.174. The summed E-state index contributed by atoms with van der Waals surface area (Å²) in [4.78, 5) is 23.2. The van der Waals surface area contributed by atoms with Gasteiger partial charge in [0.25, 0.3) is 0 Å². The lowest BCUT2D eigenvalue weighted by Crippen LogP contribution is -2.43. The molecule has 1 aromatic rings. The van der Waals surface area contributed by atoms with Gasteiger partial charge in [-0.2, -0.15) is 0 Å². The Morgan fingerprint density at radius 3 is 2.65 bits per heavy atom. The van der Waals surface area contributed by atoms with Crippen LogP contribution in [0, 0.1) is 0 Å². The average molecular weight is 317 g/mol. The van der Waals surface area contributed by atoms with Crippen molar-refractivity contribution in [3.8, 4) is 0 Å². The maximum absolute atomic E-state index is 11.6. The molecule has 1 heterocycles. The second-order valence-electron chi connectivity index (χ2n) is 5.64. The molecular weight excluding hydrogens is 298 g/mol. The first-order valence-electron chi connectivity index (χ1n) is 7.61. The highest BCUT2D eigenvalue weighted by atomic mass is 16.7. The zero-order valence-electron chi connectivity index (χ0n) is 12.7. The van der Waals surface area contributed by atoms with E-state index in [-0.39, 0.29) is 25.1 Å². The molecule has 0 radical (unpaired) electrons. The van der Waals surface area contributed by atoms with Crippen molar-refractivity contribution < 1.29 is 23.8 Å². The van der Waals surface area contributed by atoms with E-state index >= 15 is 0 Å². The van der Waals surface area contributed by atoms with Gasteiger partial charge in [-0.1, -0.05) is 36.9 Å². The third-order valence-electron chi connectivity index (χ3n) is 3.94. The summed E-state index contributed by atoms with van der Waals surface area (Å²) in [5.41, 5.74) is 2.49. The van der Waals surface area contributed by atoms with E-state index in [9.17, 15) is 9.59 Å². The maximum atomic E-state index is 11.6. The Kier molecular flexibility index (Phi) is 4.62. The molecule has 0 saturated carbocycles. The fourth-order valence-electron chi connectivity index (χ4n) is 2.91. The van der Waals surface area contributed by atoms with Gasteiger partial charge in [-0.3, -0.25) is 4.79 Å². The zero-order valence-corrected chi connectivity index (χ0v) is 12.7. The van der Waals surface area contributed by atoms with Gasteiger partial charge in [0.15, 0.2) is 0 Å². The first kappa shape index (κ1) is 15.6. The highest BCUT2D eigenvalue weighted by molar-refractivity contribution is 5.75. The highest BCUT2D eigenvalue weighted by Gasteiger charge is 2.39. The third kappa shape index (κ3) is 3.71. The van der Waals surface area contributed by atoms with Gasteiger partial charge in [-0.25, -0.2) is 4.79 Å². The number of benzene rings is 1. The molecule has 23 heavy (non-hydrogen) atoms. The molecule has 1 aliphatic heterocycles. The lowest BCUT2D eigenvalue weighted by atomic mass is 10.1. The number of nitrogens with one attached hydrogen (secondary N) is 1. The van der Waals surface area contributed by atoms with Gasteiger partial charge < -0.3 is 19.5 Å². The molecule has 2 atom stereocenters. The Morgan fingerprint density at radius 2 is 2.00 bits per heavy atom. The number of alkyl carbamates (subject to hydrolysis) is 1. The third-order valence-corrected chi connectivity index (χ3v) is 3.94. The van der Waals surface area contributed by atoms with E-state index in [0.717, 1.165) is 12.8 Å². The van der Waals surface area contributed by atoms with Crippen molar-refractivity contribution in [2.24, 2.45) is 0 Å². The van der Waals surface area contributed by atoms with Crippen molar-refractivity contribution in [1.82, 2.24) is 5.32 Å². The van der Waals surface area contributed by atoms with E-state index in [0.29, 0.717) is 0 Å². The van der Waals surface area contributed by atoms with Crippen LogP contribution in [0.2, 0.25) is 0 Å². The van der Waals surface area contributed by atoms with Crippen molar-refractivity contribution in [2.45, 2.75) is 37.7 Å². The normalized spacial score (nSPS) is 23.2. The van der Waals surface area contributed by atoms with Crippen LogP contribution in [0.4, 0.5) is 4.79 Å². The van der Waals surface area contributed by atoms with Gasteiger partial charge in [-0.15, -0.1) is 0 Å². The minimum atomic E-state index is -0.780. The predicted octanol–water partition coefficient (Wildman–Crippen LogP) is 1.72. The molecule has 0 unspecified atom stereocenters. The smallest absolute Gasteiger partial charge is 0.407 e. The largest absolute Gasteiger partial charge is 0.445 e. The zero-order chi connectivity index (χ0) is 16.2. The van der Waals surface area contributed by atoms with Crippen LogP contribution in [0.1, 0.15) is 17.5 Å². The molecule has 1 fully saturated rings. The second-order valence-corrected chi connectivity index (χ2v) is 5.64. The molecule has 122 valence electrons. The molecule has 1 amide bonds. The minimum Gasteiger partial charge on any atom is -0.445 e. The van der Waals surface area contributed by atoms with Crippen LogP contribution in [0.15, 0.2) is 36.9 Å². The van der Waals surface area contributed by atoms with Crippen LogP contribution < -0.4 is 5.32 Å². The van der Waals surface area contributed by atoms with E-state index in [1.807, 2.05) is 12.1 Å². The number of fused-ring (bicyclic) bond motifs is 1. The van der Waals surface area contributed by atoms with Crippen molar-refractivity contribution in [1.29, 1.82) is 0 Å². The topological polar surface area (TPSA) is 73.9 Å². The van der Waals surface area contributed by atoms with E-state index < -0.39 is 18.4 Å². The summed E-state index contributed by atoms with van der Waals surface area (Å²) >= 11 is 0. The highest BCUT2D eigenvalue weighted by Crippen LogP contribution is 2.27. The van der Waals surface area contributed by atoms with Gasteiger partial charge in [0.1, 0.15) is 12.6 Å². The monoisotopic (exact) mass is 317 g/mol. The minimum absolute atomic E-state index is 0.0585. The summed E-state index contributed by atoms with van der Waals surface area (Å²) in [6, 6.07) is 7.60. The summed E-state index contributed by atoms with van der Waals surface area (Å²) < 4.78 is 16.0. The van der Waals surface area contributed by atoms with Crippen LogP contribution in [-0.2, 0) is 31.8 Å². The Bertz CT molecular complexity index is 590. The second kappa shape index (κ2) is 6.83. The van der Waals surface area contributed by atoms with E-state index in [1.54, 1.807) is 0 Å². The Hall–Kier alpha value is -2.34. The van der Waals surface area contributed by atoms with Crippen molar-refractivity contribution in [3.05, 3.63) is 48.0 Å². The fourth-order valence-corrected chi connectivity index (χ4v) is 2.91. The molecule has 1 saturated heterocycles. The average Bonchev–Trinajstić information content (AvgIpc) is 3.08. The fraction of sp³-hybridized carbons (Fsp3) is 0.412. The number of hydrogen-bond donors (Lipinski definition) is 1. The Labute approximate surface area is 134 Å². The molecule has 1 aromatic carbocycles. The Morgan fingerprint density at radius 1 is 1.30 bits per heavy atom. The van der Waals surface area contributed by atoms with Gasteiger partial charge >= 0.3 is 12.1 Å². The SMILES string of the molecule is C=CCOC(=O)N[C@H]1CC(=O)O[C@H]1OC1Cc2ccccc2C1. The number of carbonyl (C=O) groups is 2. The molecule has 0 aromatic heterocycles. The Balaban J connectivity index is 1.57. The van der Waals surface area contributed by atoms with E-state index in [2.05, 4.69) is 24.0 Å². The first-order chi connectivity index (χ1) is 11.2. The molecule has 1 aliphatic carbocycles. The summed E-state index contributed by atoms with van der Waals surface area (Å²) in [6.45, 7) is 3.58. The molecule has 6 nitrogen and oxygen atoms in total. The number of carbonyl (C=O) groups excluding carboxylic acids is 2. The molecular formula is C17H19NO5. The van der Waals surface area contributed by atoms with Crippen LogP contribution >= 0.6 is 0 Å². The molecule has 3 rings (SSSR count). The molecule has 2 aliphatic rings.